The second-order valence-electron chi connectivity index (χ2n) is 8.14. The lowest BCUT2D eigenvalue weighted by molar-refractivity contribution is -0.145. The minimum absolute atomic E-state index is 0.0294. The third kappa shape index (κ3) is 11.4. The highest BCUT2D eigenvalue weighted by Crippen LogP contribution is 2.20. The molecule has 1 aromatic rings. The van der Waals surface area contributed by atoms with Crippen molar-refractivity contribution in [3.05, 3.63) is 33.8 Å². The predicted octanol–water partition coefficient (Wildman–Crippen LogP) is 1.40. The van der Waals surface area contributed by atoms with E-state index in [0.717, 1.165) is 0 Å². The van der Waals surface area contributed by atoms with Crippen molar-refractivity contribution in [2.45, 2.75) is 32.6 Å². The molecule has 0 radical (unpaired) electrons. The number of carboxylic acids is 1. The van der Waals surface area contributed by atoms with Crippen molar-refractivity contribution in [2.24, 2.45) is 5.92 Å². The monoisotopic (exact) mass is 531 g/mol. The standard InChI is InChI=1S/C21H28BCl2N3O8/c1-12(2)7-16(22(34-11-19(30)31)35-20(32)9-18(29)27(3)4)26-17(28)10-25-21(33)14-8-13(23)5-6-15(14)24/h5-6,8,12,16H,7,9-11H2,1-4H3,(H,25,33)(H,26,28)(H,30,31)/t16-/m0/s1. The zero-order chi connectivity index (χ0) is 26.7. The number of nitrogens with one attached hydrogen (secondary N) is 2. The minimum Gasteiger partial charge on any atom is -0.508 e. The predicted molar refractivity (Wildman–Crippen MR) is 129 cm³/mol. The molecular weight excluding hydrogens is 504 g/mol. The summed E-state index contributed by atoms with van der Waals surface area (Å²) < 4.78 is 10.4. The Hall–Kier alpha value is -2.83. The van der Waals surface area contributed by atoms with Gasteiger partial charge in [0.25, 0.3) is 11.9 Å². The molecule has 11 nitrogen and oxygen atoms in total. The summed E-state index contributed by atoms with van der Waals surface area (Å²) in [6.07, 6.45) is -0.363. The summed E-state index contributed by atoms with van der Waals surface area (Å²) in [5, 5.41) is 14.4. The molecule has 3 N–H and O–H groups in total. The van der Waals surface area contributed by atoms with Crippen LogP contribution < -0.4 is 10.6 Å². The normalized spacial score (nSPS) is 11.4. The Morgan fingerprint density at radius 3 is 2.37 bits per heavy atom. The van der Waals surface area contributed by atoms with Crippen molar-refractivity contribution < 1.29 is 38.4 Å². The Balaban J connectivity index is 2.92. The van der Waals surface area contributed by atoms with Crippen LogP contribution in [0.5, 0.6) is 0 Å². The van der Waals surface area contributed by atoms with Crippen molar-refractivity contribution in [3.8, 4) is 0 Å². The number of carbonyl (C=O) groups excluding carboxylic acids is 4. The average Bonchev–Trinajstić information content (AvgIpc) is 2.75. The molecule has 0 saturated carbocycles. The first kappa shape index (κ1) is 30.2. The zero-order valence-electron chi connectivity index (χ0n) is 19.8. The largest absolute Gasteiger partial charge is 0.551 e. The first-order valence-electron chi connectivity index (χ1n) is 10.6. The second kappa shape index (κ2) is 14.5. The molecule has 0 bridgehead atoms. The summed E-state index contributed by atoms with van der Waals surface area (Å²) in [4.78, 5) is 61.2. The number of carbonyl (C=O) groups is 5. The molecule has 0 unspecified atom stereocenters. The number of benzene rings is 1. The van der Waals surface area contributed by atoms with E-state index in [1.807, 2.05) is 13.8 Å². The average molecular weight is 532 g/mol. The third-order valence-corrected chi connectivity index (χ3v) is 4.96. The Kier molecular flexibility index (Phi) is 12.6. The zero-order valence-corrected chi connectivity index (χ0v) is 21.3. The Morgan fingerprint density at radius 2 is 1.80 bits per heavy atom. The van der Waals surface area contributed by atoms with Crippen LogP contribution in [0.1, 0.15) is 37.0 Å². The lowest BCUT2D eigenvalue weighted by atomic mass is 9.73. The molecule has 0 saturated heterocycles. The van der Waals surface area contributed by atoms with E-state index < -0.39 is 62.3 Å². The number of amides is 3. The van der Waals surface area contributed by atoms with Crippen LogP contribution in [-0.2, 0) is 28.5 Å². The highest BCUT2D eigenvalue weighted by atomic mass is 35.5. The van der Waals surface area contributed by atoms with Gasteiger partial charge >= 0.3 is 13.1 Å². The number of aliphatic carboxylic acids is 1. The molecular formula is C21H28BCl2N3O8. The van der Waals surface area contributed by atoms with E-state index >= 15 is 0 Å². The highest BCUT2D eigenvalue weighted by molar-refractivity contribution is 6.49. The van der Waals surface area contributed by atoms with Gasteiger partial charge in [-0.25, -0.2) is 4.79 Å². The van der Waals surface area contributed by atoms with Gasteiger partial charge in [0.05, 0.1) is 23.1 Å². The number of nitrogens with zero attached hydrogens (tertiary/aromatic N) is 1. The van der Waals surface area contributed by atoms with Gasteiger partial charge in [-0.2, -0.15) is 0 Å². The highest BCUT2D eigenvalue weighted by Gasteiger charge is 2.37. The van der Waals surface area contributed by atoms with Gasteiger partial charge in [0.15, 0.2) is 0 Å². The fraction of sp³-hybridized carbons (Fsp3) is 0.476. The van der Waals surface area contributed by atoms with Crippen LogP contribution in [0.2, 0.25) is 10.0 Å². The van der Waals surface area contributed by atoms with Crippen LogP contribution in [0.3, 0.4) is 0 Å². The second-order valence-corrected chi connectivity index (χ2v) is 8.98. The van der Waals surface area contributed by atoms with Gasteiger partial charge in [0, 0.05) is 19.1 Å². The summed E-state index contributed by atoms with van der Waals surface area (Å²) >= 11 is 11.9. The number of carboxylic acid groups (broad SMARTS) is 1. The van der Waals surface area contributed by atoms with Gasteiger partial charge in [-0.1, -0.05) is 37.0 Å². The first-order valence-corrected chi connectivity index (χ1v) is 11.3. The maximum atomic E-state index is 12.6. The maximum absolute atomic E-state index is 12.6. The van der Waals surface area contributed by atoms with Crippen LogP contribution in [0.15, 0.2) is 18.2 Å². The Labute approximate surface area is 213 Å². The number of hydrogen-bond acceptors (Lipinski definition) is 7. The van der Waals surface area contributed by atoms with Gasteiger partial charge in [-0.3, -0.25) is 19.2 Å². The molecule has 0 aliphatic rings. The van der Waals surface area contributed by atoms with E-state index in [1.54, 1.807) is 0 Å². The van der Waals surface area contributed by atoms with Gasteiger partial charge in [-0.05, 0) is 30.5 Å². The lowest BCUT2D eigenvalue weighted by Crippen LogP contribution is -2.53. The van der Waals surface area contributed by atoms with Crippen LogP contribution in [0.25, 0.3) is 0 Å². The molecule has 0 fully saturated rings. The minimum atomic E-state index is -1.49. The quantitative estimate of drug-likeness (QED) is 0.255. The van der Waals surface area contributed by atoms with Gasteiger partial charge in [-0.15, -0.1) is 0 Å². The first-order chi connectivity index (χ1) is 16.3. The van der Waals surface area contributed by atoms with Gasteiger partial charge in [0.1, 0.15) is 13.0 Å². The summed E-state index contributed by atoms with van der Waals surface area (Å²) in [5.74, 6) is -5.10. The summed E-state index contributed by atoms with van der Waals surface area (Å²) in [6.45, 7) is 2.38. The fourth-order valence-electron chi connectivity index (χ4n) is 2.77. The van der Waals surface area contributed by atoms with Gasteiger partial charge < -0.3 is 29.9 Å². The maximum Gasteiger partial charge on any atom is 0.551 e. The molecule has 0 aromatic heterocycles. The van der Waals surface area contributed by atoms with E-state index in [0.29, 0.717) is 0 Å². The summed E-state index contributed by atoms with van der Waals surface area (Å²) in [5.41, 5.74) is 0.0767. The molecule has 0 aliphatic carbocycles. The Morgan fingerprint density at radius 1 is 1.14 bits per heavy atom. The van der Waals surface area contributed by atoms with Crippen molar-refractivity contribution >= 4 is 60.0 Å². The van der Waals surface area contributed by atoms with Crippen molar-refractivity contribution in [1.82, 2.24) is 15.5 Å². The van der Waals surface area contributed by atoms with E-state index in [4.69, 9.17) is 37.6 Å². The van der Waals surface area contributed by atoms with Crippen LogP contribution in [0, 0.1) is 5.92 Å². The molecule has 35 heavy (non-hydrogen) atoms. The van der Waals surface area contributed by atoms with Crippen molar-refractivity contribution in [2.75, 3.05) is 27.2 Å². The lowest BCUT2D eigenvalue weighted by Gasteiger charge is -2.25. The molecule has 192 valence electrons. The van der Waals surface area contributed by atoms with Gasteiger partial charge in [0.2, 0.25) is 11.8 Å². The Bertz CT molecular complexity index is 945. The summed E-state index contributed by atoms with van der Waals surface area (Å²) in [6, 6.07) is 4.30. The molecule has 1 aromatic carbocycles. The van der Waals surface area contributed by atoms with Crippen molar-refractivity contribution in [3.63, 3.8) is 0 Å². The molecule has 14 heteroatoms. The van der Waals surface area contributed by atoms with E-state index in [2.05, 4.69) is 10.6 Å². The number of hydrogen-bond donors (Lipinski definition) is 3. The van der Waals surface area contributed by atoms with Crippen molar-refractivity contribution in [1.29, 1.82) is 0 Å². The summed E-state index contributed by atoms with van der Waals surface area (Å²) in [7, 11) is 1.43. The van der Waals surface area contributed by atoms with E-state index in [-0.39, 0.29) is 27.9 Å². The topological polar surface area (TPSA) is 151 Å². The third-order valence-electron chi connectivity index (χ3n) is 4.40. The number of rotatable bonds is 13. The molecule has 1 atom stereocenters. The molecule has 0 heterocycles. The van der Waals surface area contributed by atoms with E-state index in [1.165, 1.54) is 37.2 Å². The number of halogens is 2. The van der Waals surface area contributed by atoms with Crippen LogP contribution in [0.4, 0.5) is 0 Å². The van der Waals surface area contributed by atoms with Crippen LogP contribution >= 0.6 is 23.2 Å². The molecule has 0 spiro atoms. The molecule has 0 aliphatic heterocycles. The molecule has 1 rings (SSSR count). The van der Waals surface area contributed by atoms with Crippen LogP contribution in [-0.4, -0.2) is 80.0 Å². The SMILES string of the molecule is CC(C)C[C@H](NC(=O)CNC(=O)c1cc(Cl)ccc1Cl)B(OCC(=O)O)OC(=O)CC(=O)N(C)C. The fourth-order valence-corrected chi connectivity index (χ4v) is 3.15. The smallest absolute Gasteiger partial charge is 0.508 e. The van der Waals surface area contributed by atoms with E-state index in [9.17, 15) is 24.0 Å². The molecule has 3 amide bonds.